The van der Waals surface area contributed by atoms with Gasteiger partial charge in [0, 0.05) is 6.20 Å². The minimum absolute atomic E-state index is 0.203. The molecule has 0 fully saturated rings. The number of pyridine rings is 1. The van der Waals surface area contributed by atoms with E-state index in [1.807, 2.05) is 0 Å². The smallest absolute Gasteiger partial charge is 0.383 e. The number of aromatic nitrogens is 1. The van der Waals surface area contributed by atoms with Crippen LogP contribution in [-0.2, 0) is 6.18 Å². The standard InChI is InChI=1S/C11H12F3NO/c1-7(2)5-10(16)9-4-3-8(6-15-9)11(12,13)14/h3-6,10,16H,1-2H3. The largest absolute Gasteiger partial charge is 0.417 e. The summed E-state index contributed by atoms with van der Waals surface area (Å²) in [5.41, 5.74) is 0.254. The number of aliphatic hydroxyl groups is 1. The van der Waals surface area contributed by atoms with Gasteiger partial charge < -0.3 is 5.11 Å². The van der Waals surface area contributed by atoms with E-state index in [0.29, 0.717) is 0 Å². The monoisotopic (exact) mass is 231 g/mol. The van der Waals surface area contributed by atoms with Crippen molar-refractivity contribution in [1.29, 1.82) is 0 Å². The summed E-state index contributed by atoms with van der Waals surface area (Å²) in [5.74, 6) is 0. The van der Waals surface area contributed by atoms with Gasteiger partial charge in [0.05, 0.1) is 11.3 Å². The normalized spacial score (nSPS) is 13.4. The van der Waals surface area contributed by atoms with Gasteiger partial charge in [-0.3, -0.25) is 4.98 Å². The minimum atomic E-state index is -4.40. The van der Waals surface area contributed by atoms with Crippen LogP contribution in [0.15, 0.2) is 30.0 Å². The molecule has 1 unspecified atom stereocenters. The fourth-order valence-corrected chi connectivity index (χ4v) is 1.15. The highest BCUT2D eigenvalue weighted by atomic mass is 19.4. The van der Waals surface area contributed by atoms with Crippen molar-refractivity contribution in [3.05, 3.63) is 41.2 Å². The average Bonchev–Trinajstić information content (AvgIpc) is 2.15. The third-order valence-electron chi connectivity index (χ3n) is 1.91. The Morgan fingerprint density at radius 1 is 1.38 bits per heavy atom. The van der Waals surface area contributed by atoms with Crippen molar-refractivity contribution >= 4 is 0 Å². The summed E-state index contributed by atoms with van der Waals surface area (Å²) in [6.07, 6.45) is -3.12. The van der Waals surface area contributed by atoms with Gasteiger partial charge in [0.25, 0.3) is 0 Å². The Morgan fingerprint density at radius 2 is 2.00 bits per heavy atom. The molecule has 1 rings (SSSR count). The SMILES string of the molecule is CC(C)=CC(O)c1ccc(C(F)(F)F)cn1. The second-order valence-corrected chi connectivity index (χ2v) is 3.66. The lowest BCUT2D eigenvalue weighted by atomic mass is 10.1. The van der Waals surface area contributed by atoms with Crippen LogP contribution in [0.25, 0.3) is 0 Å². The highest BCUT2D eigenvalue weighted by molar-refractivity contribution is 5.20. The summed E-state index contributed by atoms with van der Waals surface area (Å²) in [4.78, 5) is 3.58. The number of halogens is 3. The van der Waals surface area contributed by atoms with Gasteiger partial charge in [0.15, 0.2) is 0 Å². The van der Waals surface area contributed by atoms with Gasteiger partial charge in [0.1, 0.15) is 6.10 Å². The second kappa shape index (κ2) is 4.65. The zero-order valence-electron chi connectivity index (χ0n) is 8.92. The molecule has 0 aliphatic carbocycles. The van der Waals surface area contributed by atoms with E-state index < -0.39 is 17.8 Å². The Morgan fingerprint density at radius 3 is 2.38 bits per heavy atom. The van der Waals surface area contributed by atoms with E-state index in [2.05, 4.69) is 4.98 Å². The highest BCUT2D eigenvalue weighted by Crippen LogP contribution is 2.29. The molecule has 0 aromatic carbocycles. The second-order valence-electron chi connectivity index (χ2n) is 3.66. The maximum atomic E-state index is 12.2. The van der Waals surface area contributed by atoms with E-state index in [4.69, 9.17) is 0 Å². The number of alkyl halides is 3. The lowest BCUT2D eigenvalue weighted by Crippen LogP contribution is -2.07. The Balaban J connectivity index is 2.91. The molecule has 1 aromatic heterocycles. The van der Waals surface area contributed by atoms with Crippen LogP contribution in [-0.4, -0.2) is 10.1 Å². The summed E-state index contributed by atoms with van der Waals surface area (Å²) in [6, 6.07) is 2.08. The molecule has 0 spiro atoms. The first kappa shape index (κ1) is 12.7. The van der Waals surface area contributed by atoms with Crippen LogP contribution >= 0.6 is 0 Å². The zero-order chi connectivity index (χ0) is 12.3. The van der Waals surface area contributed by atoms with Crippen LogP contribution in [0.4, 0.5) is 13.2 Å². The van der Waals surface area contributed by atoms with Crippen molar-refractivity contribution in [3.8, 4) is 0 Å². The Hall–Kier alpha value is -1.36. The molecule has 88 valence electrons. The first-order valence-electron chi connectivity index (χ1n) is 4.67. The summed E-state index contributed by atoms with van der Waals surface area (Å²) < 4.78 is 36.6. The third kappa shape index (κ3) is 3.34. The summed E-state index contributed by atoms with van der Waals surface area (Å²) in [5, 5.41) is 9.56. The zero-order valence-corrected chi connectivity index (χ0v) is 8.92. The van der Waals surface area contributed by atoms with E-state index in [0.717, 1.165) is 17.8 Å². The molecule has 0 radical (unpaired) electrons. The number of hydrogen-bond acceptors (Lipinski definition) is 2. The Bertz CT molecular complexity index is 377. The number of rotatable bonds is 2. The number of hydrogen-bond donors (Lipinski definition) is 1. The highest BCUT2D eigenvalue weighted by Gasteiger charge is 2.30. The molecular weight excluding hydrogens is 219 g/mol. The van der Waals surface area contributed by atoms with E-state index >= 15 is 0 Å². The summed E-state index contributed by atoms with van der Waals surface area (Å²) in [7, 11) is 0. The Kier molecular flexibility index (Phi) is 3.70. The molecule has 5 heteroatoms. The molecule has 16 heavy (non-hydrogen) atoms. The van der Waals surface area contributed by atoms with Crippen LogP contribution in [0.1, 0.15) is 31.2 Å². The van der Waals surface area contributed by atoms with Gasteiger partial charge in [-0.25, -0.2) is 0 Å². The lowest BCUT2D eigenvalue weighted by molar-refractivity contribution is -0.137. The molecule has 0 saturated carbocycles. The molecular formula is C11H12F3NO. The van der Waals surface area contributed by atoms with Crippen molar-refractivity contribution in [1.82, 2.24) is 4.98 Å². The van der Waals surface area contributed by atoms with Gasteiger partial charge in [-0.1, -0.05) is 11.6 Å². The van der Waals surface area contributed by atoms with Gasteiger partial charge in [-0.15, -0.1) is 0 Å². The molecule has 0 aliphatic heterocycles. The predicted molar refractivity (Wildman–Crippen MR) is 53.6 cm³/mol. The van der Waals surface area contributed by atoms with Gasteiger partial charge in [-0.2, -0.15) is 13.2 Å². The maximum Gasteiger partial charge on any atom is 0.417 e. The fourth-order valence-electron chi connectivity index (χ4n) is 1.15. The molecule has 1 heterocycles. The fraction of sp³-hybridized carbons (Fsp3) is 0.364. The Labute approximate surface area is 91.4 Å². The molecule has 1 aromatic rings. The average molecular weight is 231 g/mol. The minimum Gasteiger partial charge on any atom is -0.383 e. The number of aliphatic hydroxyl groups excluding tert-OH is 1. The molecule has 1 N–H and O–H groups in total. The lowest BCUT2D eigenvalue weighted by Gasteiger charge is -2.09. The molecule has 0 aliphatic rings. The van der Waals surface area contributed by atoms with Crippen molar-refractivity contribution in [3.63, 3.8) is 0 Å². The van der Waals surface area contributed by atoms with Crippen molar-refractivity contribution in [2.75, 3.05) is 0 Å². The topological polar surface area (TPSA) is 33.1 Å². The number of nitrogens with zero attached hydrogens (tertiary/aromatic N) is 1. The summed E-state index contributed by atoms with van der Waals surface area (Å²) in [6.45, 7) is 3.57. The van der Waals surface area contributed by atoms with Gasteiger partial charge in [0.2, 0.25) is 0 Å². The van der Waals surface area contributed by atoms with E-state index in [9.17, 15) is 18.3 Å². The van der Waals surface area contributed by atoms with Crippen LogP contribution in [0.5, 0.6) is 0 Å². The third-order valence-corrected chi connectivity index (χ3v) is 1.91. The summed E-state index contributed by atoms with van der Waals surface area (Å²) >= 11 is 0. The molecule has 2 nitrogen and oxygen atoms in total. The van der Waals surface area contributed by atoms with Crippen LogP contribution in [0, 0.1) is 0 Å². The van der Waals surface area contributed by atoms with Gasteiger partial charge in [-0.05, 0) is 26.0 Å². The van der Waals surface area contributed by atoms with Crippen molar-refractivity contribution < 1.29 is 18.3 Å². The number of allylic oxidation sites excluding steroid dienone is 1. The predicted octanol–water partition coefficient (Wildman–Crippen LogP) is 3.10. The van der Waals surface area contributed by atoms with Crippen LogP contribution in [0.3, 0.4) is 0 Å². The quantitative estimate of drug-likeness (QED) is 0.793. The van der Waals surface area contributed by atoms with E-state index in [-0.39, 0.29) is 5.69 Å². The van der Waals surface area contributed by atoms with Crippen LogP contribution in [0.2, 0.25) is 0 Å². The maximum absolute atomic E-state index is 12.2. The molecule has 0 bridgehead atoms. The molecule has 1 atom stereocenters. The first-order valence-corrected chi connectivity index (χ1v) is 4.67. The van der Waals surface area contributed by atoms with Crippen LogP contribution < -0.4 is 0 Å². The van der Waals surface area contributed by atoms with E-state index in [1.54, 1.807) is 13.8 Å². The van der Waals surface area contributed by atoms with Crippen molar-refractivity contribution in [2.24, 2.45) is 0 Å². The van der Waals surface area contributed by atoms with Gasteiger partial charge >= 0.3 is 6.18 Å². The van der Waals surface area contributed by atoms with Crippen molar-refractivity contribution in [2.45, 2.75) is 26.1 Å². The molecule has 0 amide bonds. The van der Waals surface area contributed by atoms with E-state index in [1.165, 1.54) is 12.1 Å². The first-order chi connectivity index (χ1) is 7.30. The molecule has 0 saturated heterocycles.